The molecule has 1 saturated carbocycles. The summed E-state index contributed by atoms with van der Waals surface area (Å²) in [6.07, 6.45) is -0.0198. The first-order valence-electron chi connectivity index (χ1n) is 9.78. The minimum Gasteiger partial charge on any atom is -0.394 e. The Labute approximate surface area is 154 Å². The van der Waals surface area contributed by atoms with Crippen LogP contribution in [0.15, 0.2) is 0 Å². The minimum atomic E-state index is -0.754. The molecule has 7 N–H and O–H groups in total. The van der Waals surface area contributed by atoms with Gasteiger partial charge < -0.3 is 41.0 Å². The lowest BCUT2D eigenvalue weighted by atomic mass is 9.66. The Morgan fingerprint density at radius 2 is 1.85 bits per heavy atom. The summed E-state index contributed by atoms with van der Waals surface area (Å²) in [6, 6.07) is -0.717. The van der Waals surface area contributed by atoms with Crippen molar-refractivity contribution in [2.75, 3.05) is 19.8 Å². The van der Waals surface area contributed by atoms with Gasteiger partial charge in [-0.1, -0.05) is 20.3 Å². The summed E-state index contributed by atoms with van der Waals surface area (Å²) in [5.74, 6) is 0.111. The second kappa shape index (κ2) is 7.97. The van der Waals surface area contributed by atoms with Crippen molar-refractivity contribution in [1.29, 1.82) is 0 Å². The molecule has 0 aromatic carbocycles. The largest absolute Gasteiger partial charge is 0.394 e. The molecule has 4 fully saturated rings. The molecule has 3 heterocycles. The van der Waals surface area contributed by atoms with Gasteiger partial charge in [0.2, 0.25) is 0 Å². The van der Waals surface area contributed by atoms with Crippen molar-refractivity contribution in [1.82, 2.24) is 0 Å². The van der Waals surface area contributed by atoms with Crippen LogP contribution in [0.5, 0.6) is 0 Å². The van der Waals surface area contributed by atoms with E-state index in [1.165, 1.54) is 0 Å². The van der Waals surface area contributed by atoms with Crippen LogP contribution in [0, 0.1) is 11.8 Å². The Morgan fingerprint density at radius 1 is 1.12 bits per heavy atom. The maximum atomic E-state index is 10.5. The molecule has 2 bridgehead atoms. The van der Waals surface area contributed by atoms with E-state index in [2.05, 4.69) is 6.92 Å². The van der Waals surface area contributed by atoms with Crippen molar-refractivity contribution in [2.45, 2.75) is 81.3 Å². The third-order valence-corrected chi connectivity index (χ3v) is 6.69. The molecule has 10 unspecified atom stereocenters. The van der Waals surface area contributed by atoms with Gasteiger partial charge in [-0.05, 0) is 18.8 Å². The Bertz CT molecular complexity index is 481. The average molecular weight is 374 g/mol. The summed E-state index contributed by atoms with van der Waals surface area (Å²) in [4.78, 5) is 0. The zero-order chi connectivity index (χ0) is 19.1. The zero-order valence-corrected chi connectivity index (χ0v) is 15.7. The van der Waals surface area contributed by atoms with E-state index in [1.54, 1.807) is 0 Å². The molecule has 0 spiro atoms. The Hall–Kier alpha value is -0.320. The molecule has 4 rings (SSSR count). The normalized spacial score (nSPS) is 51.1. The molecule has 0 radical (unpaired) electrons. The fourth-order valence-corrected chi connectivity index (χ4v) is 4.95. The van der Waals surface area contributed by atoms with Crippen molar-refractivity contribution < 1.29 is 29.5 Å². The van der Waals surface area contributed by atoms with Crippen molar-refractivity contribution in [2.24, 2.45) is 23.3 Å². The summed E-state index contributed by atoms with van der Waals surface area (Å²) in [5.41, 5.74) is 11.8. The number of rotatable bonds is 7. The van der Waals surface area contributed by atoms with Gasteiger partial charge in [-0.15, -0.1) is 0 Å². The van der Waals surface area contributed by atoms with Gasteiger partial charge in [0.15, 0.2) is 0 Å². The molecule has 4 aliphatic rings. The number of nitrogens with two attached hydrogens (primary N) is 2. The lowest BCUT2D eigenvalue weighted by Crippen LogP contribution is -2.78. The molecule has 8 heteroatoms. The van der Waals surface area contributed by atoms with Crippen LogP contribution < -0.4 is 11.5 Å². The van der Waals surface area contributed by atoms with Crippen molar-refractivity contribution >= 4 is 0 Å². The van der Waals surface area contributed by atoms with E-state index in [0.29, 0.717) is 18.8 Å². The molecule has 26 heavy (non-hydrogen) atoms. The lowest BCUT2D eigenvalue weighted by molar-refractivity contribution is -0.354. The van der Waals surface area contributed by atoms with Gasteiger partial charge in [-0.2, -0.15) is 0 Å². The maximum absolute atomic E-state index is 10.5. The van der Waals surface area contributed by atoms with Crippen molar-refractivity contribution in [3.05, 3.63) is 0 Å². The third kappa shape index (κ3) is 3.20. The van der Waals surface area contributed by atoms with Gasteiger partial charge in [0, 0.05) is 12.0 Å². The predicted octanol–water partition coefficient (Wildman–Crippen LogP) is -1.27. The van der Waals surface area contributed by atoms with Crippen LogP contribution in [0.1, 0.15) is 33.1 Å². The number of hydrogen-bond donors (Lipinski definition) is 5. The maximum Gasteiger partial charge on any atom is 0.121 e. The lowest BCUT2D eigenvalue weighted by Gasteiger charge is -2.62. The smallest absolute Gasteiger partial charge is 0.121 e. The van der Waals surface area contributed by atoms with Gasteiger partial charge in [0.05, 0.1) is 44.2 Å². The molecule has 3 aliphatic heterocycles. The van der Waals surface area contributed by atoms with E-state index in [9.17, 15) is 15.3 Å². The molecule has 0 amide bonds. The summed E-state index contributed by atoms with van der Waals surface area (Å²) in [5, 5.41) is 29.9. The summed E-state index contributed by atoms with van der Waals surface area (Å²) in [6.45, 7) is 3.91. The number of aliphatic hydroxyl groups is 3. The first-order chi connectivity index (χ1) is 12.4. The van der Waals surface area contributed by atoms with Crippen molar-refractivity contribution in [3.8, 4) is 0 Å². The molecule has 10 atom stereocenters. The summed E-state index contributed by atoms with van der Waals surface area (Å²) >= 11 is 0. The molecule has 0 aromatic rings. The Morgan fingerprint density at radius 3 is 2.42 bits per heavy atom. The number of hydrogen-bond acceptors (Lipinski definition) is 8. The fraction of sp³-hybridized carbons (Fsp3) is 1.00. The Balaban J connectivity index is 1.63. The van der Waals surface area contributed by atoms with Gasteiger partial charge >= 0.3 is 0 Å². The van der Waals surface area contributed by atoms with Crippen LogP contribution in [-0.4, -0.2) is 83.3 Å². The van der Waals surface area contributed by atoms with E-state index in [1.807, 2.05) is 6.92 Å². The molecule has 1 aliphatic carbocycles. The SMILES string of the molecule is CCC1CC2(CO)OC(C1N)C2OCC1OC(CO)C(CC)C(O)C1N. The van der Waals surface area contributed by atoms with Crippen molar-refractivity contribution in [3.63, 3.8) is 0 Å². The number of aliphatic hydroxyl groups excluding tert-OH is 3. The van der Waals surface area contributed by atoms with Gasteiger partial charge in [-0.25, -0.2) is 0 Å². The van der Waals surface area contributed by atoms with Crippen LogP contribution >= 0.6 is 0 Å². The minimum absolute atomic E-state index is 0.116. The first-order valence-corrected chi connectivity index (χ1v) is 9.78. The highest BCUT2D eigenvalue weighted by molar-refractivity contribution is 5.14. The van der Waals surface area contributed by atoms with Gasteiger partial charge in [0.25, 0.3) is 0 Å². The Kier molecular flexibility index (Phi) is 6.26. The van der Waals surface area contributed by atoms with Gasteiger partial charge in [-0.3, -0.25) is 0 Å². The highest BCUT2D eigenvalue weighted by Crippen LogP contribution is 2.49. The van der Waals surface area contributed by atoms with Crippen LogP contribution in [0.25, 0.3) is 0 Å². The fourth-order valence-electron chi connectivity index (χ4n) is 4.95. The molecule has 8 nitrogen and oxygen atoms in total. The molecular formula is C18H34N2O6. The van der Waals surface area contributed by atoms with Gasteiger partial charge in [0.1, 0.15) is 17.8 Å². The number of ether oxygens (including phenoxy) is 3. The average Bonchev–Trinajstić information content (AvgIpc) is 2.64. The van der Waals surface area contributed by atoms with Crippen LogP contribution in [0.4, 0.5) is 0 Å². The molecule has 3 saturated heterocycles. The van der Waals surface area contributed by atoms with E-state index >= 15 is 0 Å². The zero-order valence-electron chi connectivity index (χ0n) is 15.7. The standard InChI is InChI=1S/C18H34N2O6/c1-3-9-5-18(8-22)17(16(26-18)13(9)19)24-7-12-14(20)15(23)10(4-2)11(6-21)25-12/h9-17,21-23H,3-8,19-20H2,1-2H3. The third-order valence-electron chi connectivity index (χ3n) is 6.69. The van der Waals surface area contributed by atoms with E-state index in [-0.39, 0.29) is 44.0 Å². The second-order valence-corrected chi connectivity index (χ2v) is 8.04. The van der Waals surface area contributed by atoms with Crippen LogP contribution in [0.3, 0.4) is 0 Å². The van der Waals surface area contributed by atoms with Crippen LogP contribution in [0.2, 0.25) is 0 Å². The van der Waals surface area contributed by atoms with E-state index < -0.39 is 30.0 Å². The second-order valence-electron chi connectivity index (χ2n) is 8.04. The monoisotopic (exact) mass is 374 g/mol. The van der Waals surface area contributed by atoms with E-state index in [4.69, 9.17) is 25.7 Å². The quantitative estimate of drug-likeness (QED) is 0.372. The molecule has 152 valence electrons. The van der Waals surface area contributed by atoms with Crippen LogP contribution in [-0.2, 0) is 14.2 Å². The topological polar surface area (TPSA) is 140 Å². The highest BCUT2D eigenvalue weighted by Gasteiger charge is 2.64. The molecule has 0 aromatic heterocycles. The number of fused-ring (bicyclic) bond motifs is 2. The summed E-state index contributed by atoms with van der Waals surface area (Å²) < 4.78 is 17.8. The van der Waals surface area contributed by atoms with E-state index in [0.717, 1.165) is 6.42 Å². The molecular weight excluding hydrogens is 340 g/mol. The summed E-state index contributed by atoms with van der Waals surface area (Å²) in [7, 11) is 0. The predicted molar refractivity (Wildman–Crippen MR) is 94.3 cm³/mol. The first kappa shape index (κ1) is 20.4. The highest BCUT2D eigenvalue weighted by atomic mass is 16.6.